The summed E-state index contributed by atoms with van der Waals surface area (Å²) < 4.78 is 6.41. The highest BCUT2D eigenvalue weighted by atomic mass is 16.4. The van der Waals surface area contributed by atoms with E-state index in [1.807, 2.05) is 0 Å². The average Bonchev–Trinajstić information content (AvgIpc) is 3.07. The number of carbonyl (C=O) groups is 1. The van der Waals surface area contributed by atoms with Crippen LogP contribution in [0.5, 0.6) is 0 Å². The molecule has 3 aromatic heterocycles. The summed E-state index contributed by atoms with van der Waals surface area (Å²) in [5.74, 6) is -1.59. The molecule has 4 rings (SSSR count). The van der Waals surface area contributed by atoms with Crippen molar-refractivity contribution in [1.82, 2.24) is 19.6 Å². The molecule has 0 saturated heterocycles. The fourth-order valence-electron chi connectivity index (χ4n) is 2.23. The van der Waals surface area contributed by atoms with Crippen LogP contribution in [0, 0.1) is 0 Å². The van der Waals surface area contributed by atoms with Crippen molar-refractivity contribution in [3.63, 3.8) is 0 Å². The van der Waals surface area contributed by atoms with Gasteiger partial charge >= 0.3 is 11.7 Å². The Morgan fingerprint density at radius 3 is 3.00 bits per heavy atom. The van der Waals surface area contributed by atoms with Crippen molar-refractivity contribution in [2.75, 3.05) is 0 Å². The number of carboxylic acids is 1. The average molecular weight is 296 g/mol. The summed E-state index contributed by atoms with van der Waals surface area (Å²) >= 11 is 0. The molecule has 0 saturated carbocycles. The summed E-state index contributed by atoms with van der Waals surface area (Å²) in [5.41, 5.74) is 2.94. The van der Waals surface area contributed by atoms with Crippen molar-refractivity contribution < 1.29 is 14.3 Å². The Hall–Kier alpha value is -3.42. The first-order valence-electron chi connectivity index (χ1n) is 6.32. The molecule has 1 aromatic carbocycles. The van der Waals surface area contributed by atoms with Crippen molar-refractivity contribution in [3.05, 3.63) is 52.8 Å². The van der Waals surface area contributed by atoms with E-state index in [0.717, 1.165) is 5.56 Å². The predicted molar refractivity (Wildman–Crippen MR) is 75.8 cm³/mol. The van der Waals surface area contributed by atoms with Crippen LogP contribution in [-0.4, -0.2) is 30.7 Å². The maximum Gasteiger partial charge on any atom is 0.417 e. The second-order valence-electron chi connectivity index (χ2n) is 4.71. The van der Waals surface area contributed by atoms with Crippen LogP contribution in [0.25, 0.3) is 28.0 Å². The molecule has 108 valence electrons. The molecule has 22 heavy (non-hydrogen) atoms. The van der Waals surface area contributed by atoms with Crippen LogP contribution in [0.2, 0.25) is 0 Å². The van der Waals surface area contributed by atoms with Gasteiger partial charge in [-0.05, 0) is 12.1 Å². The van der Waals surface area contributed by atoms with Gasteiger partial charge in [-0.2, -0.15) is 5.10 Å². The van der Waals surface area contributed by atoms with E-state index in [2.05, 4.69) is 15.1 Å². The second kappa shape index (κ2) is 4.29. The Balaban J connectivity index is 1.87. The van der Waals surface area contributed by atoms with Gasteiger partial charge in [-0.15, -0.1) is 0 Å². The predicted octanol–water partition coefficient (Wildman–Crippen LogP) is 1.53. The smallest absolute Gasteiger partial charge is 0.417 e. The zero-order chi connectivity index (χ0) is 15.3. The van der Waals surface area contributed by atoms with Crippen LogP contribution in [0.1, 0.15) is 10.4 Å². The van der Waals surface area contributed by atoms with E-state index in [9.17, 15) is 9.59 Å². The highest BCUT2D eigenvalue weighted by Gasteiger charge is 2.10. The topological polar surface area (TPSA) is 113 Å². The number of carboxylic acid groups (broad SMARTS) is 1. The van der Waals surface area contributed by atoms with Gasteiger partial charge in [0, 0.05) is 24.0 Å². The van der Waals surface area contributed by atoms with Crippen LogP contribution in [0.15, 0.2) is 45.9 Å². The minimum Gasteiger partial charge on any atom is -0.478 e. The number of H-pyrrole nitrogens is 1. The maximum absolute atomic E-state index is 11.2. The minimum absolute atomic E-state index is 0.0502. The lowest BCUT2D eigenvalue weighted by molar-refractivity contribution is 0.0695. The highest BCUT2D eigenvalue weighted by molar-refractivity contribution is 5.87. The number of hydrogen-bond acceptors (Lipinski definition) is 5. The van der Waals surface area contributed by atoms with Crippen molar-refractivity contribution in [2.24, 2.45) is 0 Å². The zero-order valence-corrected chi connectivity index (χ0v) is 11.0. The third-order valence-corrected chi connectivity index (χ3v) is 3.28. The van der Waals surface area contributed by atoms with Gasteiger partial charge in [0.1, 0.15) is 0 Å². The first-order chi connectivity index (χ1) is 10.6. The van der Waals surface area contributed by atoms with Gasteiger partial charge in [-0.25, -0.2) is 19.1 Å². The van der Waals surface area contributed by atoms with Crippen molar-refractivity contribution in [2.45, 2.75) is 0 Å². The molecular weight excluding hydrogens is 288 g/mol. The quantitative estimate of drug-likeness (QED) is 0.580. The number of nitrogens with one attached hydrogen (secondary N) is 1. The van der Waals surface area contributed by atoms with Crippen LogP contribution in [0.3, 0.4) is 0 Å². The molecule has 3 heterocycles. The molecule has 0 fully saturated rings. The summed E-state index contributed by atoms with van der Waals surface area (Å²) in [5, 5.41) is 13.3. The molecule has 0 spiro atoms. The molecule has 0 aliphatic carbocycles. The fourth-order valence-corrected chi connectivity index (χ4v) is 2.23. The van der Waals surface area contributed by atoms with E-state index in [4.69, 9.17) is 9.52 Å². The molecule has 2 N–H and O–H groups in total. The Morgan fingerprint density at radius 2 is 2.18 bits per heavy atom. The highest BCUT2D eigenvalue weighted by Crippen LogP contribution is 2.23. The number of aromatic nitrogens is 4. The van der Waals surface area contributed by atoms with Crippen molar-refractivity contribution >= 4 is 22.7 Å². The Labute approximate surface area is 121 Å². The van der Waals surface area contributed by atoms with Crippen LogP contribution >= 0.6 is 0 Å². The second-order valence-corrected chi connectivity index (χ2v) is 4.71. The van der Waals surface area contributed by atoms with E-state index in [0.29, 0.717) is 22.4 Å². The lowest BCUT2D eigenvalue weighted by Crippen LogP contribution is -2.00. The standard InChI is InChI=1S/C14H8N4O4/c19-13(20)8-5-15-12-4-10(17-18(12)6-8)7-1-2-9-11(3-7)22-14(21)16-9/h1-6H,(H,16,21)(H,19,20). The monoisotopic (exact) mass is 296 g/mol. The van der Waals surface area contributed by atoms with Gasteiger partial charge in [-0.1, -0.05) is 6.07 Å². The van der Waals surface area contributed by atoms with E-state index < -0.39 is 11.7 Å². The number of benzene rings is 1. The van der Waals surface area contributed by atoms with Crippen LogP contribution in [0.4, 0.5) is 0 Å². The number of oxazole rings is 1. The van der Waals surface area contributed by atoms with Gasteiger partial charge in [0.25, 0.3) is 0 Å². The summed E-state index contributed by atoms with van der Waals surface area (Å²) in [4.78, 5) is 28.7. The molecular formula is C14H8N4O4. The maximum atomic E-state index is 11.2. The molecule has 0 amide bonds. The third kappa shape index (κ3) is 1.85. The summed E-state index contributed by atoms with van der Waals surface area (Å²) in [6.07, 6.45) is 2.67. The number of nitrogens with zero attached hydrogens (tertiary/aromatic N) is 3. The SMILES string of the molecule is O=C(O)c1cnc2cc(-c3ccc4[nH]c(=O)oc4c3)nn2c1. The van der Waals surface area contributed by atoms with Crippen LogP contribution in [-0.2, 0) is 0 Å². The Kier molecular flexibility index (Phi) is 2.40. The zero-order valence-electron chi connectivity index (χ0n) is 11.0. The molecule has 0 aliphatic rings. The van der Waals surface area contributed by atoms with E-state index in [-0.39, 0.29) is 5.56 Å². The number of fused-ring (bicyclic) bond motifs is 2. The molecule has 8 nitrogen and oxygen atoms in total. The minimum atomic E-state index is -1.07. The van der Waals surface area contributed by atoms with Crippen LogP contribution < -0.4 is 5.76 Å². The summed E-state index contributed by atoms with van der Waals surface area (Å²) in [6.45, 7) is 0. The molecule has 0 atom stereocenters. The molecule has 0 radical (unpaired) electrons. The van der Waals surface area contributed by atoms with E-state index in [1.54, 1.807) is 24.3 Å². The fraction of sp³-hybridized carbons (Fsp3) is 0. The van der Waals surface area contributed by atoms with Gasteiger partial charge in [-0.3, -0.25) is 4.98 Å². The molecule has 0 aliphatic heterocycles. The third-order valence-electron chi connectivity index (χ3n) is 3.28. The Morgan fingerprint density at radius 1 is 1.32 bits per heavy atom. The van der Waals surface area contributed by atoms with Gasteiger partial charge in [0.05, 0.1) is 16.8 Å². The number of aromatic amines is 1. The van der Waals surface area contributed by atoms with E-state index in [1.165, 1.54) is 16.9 Å². The van der Waals surface area contributed by atoms with E-state index >= 15 is 0 Å². The largest absolute Gasteiger partial charge is 0.478 e. The summed E-state index contributed by atoms with van der Waals surface area (Å²) in [7, 11) is 0. The number of hydrogen-bond donors (Lipinski definition) is 2. The molecule has 0 bridgehead atoms. The molecule has 8 heteroatoms. The van der Waals surface area contributed by atoms with Gasteiger partial charge < -0.3 is 9.52 Å². The first kappa shape index (κ1) is 12.3. The first-order valence-corrected chi connectivity index (χ1v) is 6.32. The summed E-state index contributed by atoms with van der Waals surface area (Å²) in [6, 6.07) is 6.91. The van der Waals surface area contributed by atoms with Crippen molar-refractivity contribution in [1.29, 1.82) is 0 Å². The van der Waals surface area contributed by atoms with Gasteiger partial charge in [0.2, 0.25) is 0 Å². The number of aromatic carboxylic acids is 1. The molecule has 4 aromatic rings. The molecule has 0 unspecified atom stereocenters. The van der Waals surface area contributed by atoms with Gasteiger partial charge in [0.15, 0.2) is 11.2 Å². The lowest BCUT2D eigenvalue weighted by atomic mass is 10.1. The Bertz CT molecular complexity index is 1090. The normalized spacial score (nSPS) is 11.3. The van der Waals surface area contributed by atoms with Crippen molar-refractivity contribution in [3.8, 4) is 11.3 Å². The lowest BCUT2D eigenvalue weighted by Gasteiger charge is -1.95. The number of rotatable bonds is 2.